The smallest absolute Gasteiger partial charge is 0.164 e. The highest BCUT2D eigenvalue weighted by Crippen LogP contribution is 2.34. The summed E-state index contributed by atoms with van der Waals surface area (Å²) in [5.41, 5.74) is 6.33. The van der Waals surface area contributed by atoms with Gasteiger partial charge in [0.2, 0.25) is 0 Å². The van der Waals surface area contributed by atoms with Crippen LogP contribution < -0.4 is 5.73 Å². The van der Waals surface area contributed by atoms with Crippen LogP contribution in [0.25, 0.3) is 11.0 Å². The lowest BCUT2D eigenvalue weighted by Gasteiger charge is -2.17. The van der Waals surface area contributed by atoms with Crippen molar-refractivity contribution in [3.05, 3.63) is 16.1 Å². The van der Waals surface area contributed by atoms with Crippen molar-refractivity contribution in [2.45, 2.75) is 24.5 Å². The van der Waals surface area contributed by atoms with E-state index in [0.29, 0.717) is 16.9 Å². The summed E-state index contributed by atoms with van der Waals surface area (Å²) < 4.78 is 7.90. The fraction of sp³-hybridized carbons (Fsp3) is 0.455. The third-order valence-corrected chi connectivity index (χ3v) is 4.20. The molecule has 1 fully saturated rings. The molecule has 2 aromatic rings. The monoisotopic (exact) mass is 392 g/mol. The van der Waals surface area contributed by atoms with Gasteiger partial charge in [0.15, 0.2) is 6.23 Å². The first kappa shape index (κ1) is 13.9. The summed E-state index contributed by atoms with van der Waals surface area (Å²) in [7, 11) is 0. The van der Waals surface area contributed by atoms with E-state index in [2.05, 4.69) is 32.6 Å². The maximum atomic E-state index is 10.1. The normalized spacial score (nSPS) is 30.2. The van der Waals surface area contributed by atoms with Crippen LogP contribution in [0.4, 0.5) is 5.82 Å². The number of hydrogen-bond donors (Lipinski definition) is 4. The van der Waals surface area contributed by atoms with Crippen LogP contribution in [0.1, 0.15) is 6.23 Å². The zero-order valence-corrected chi connectivity index (χ0v) is 12.4. The second-order valence-electron chi connectivity index (χ2n) is 4.57. The lowest BCUT2D eigenvalue weighted by molar-refractivity contribution is -0.0509. The molecule has 1 aliphatic heterocycles. The highest BCUT2D eigenvalue weighted by atomic mass is 127. The average Bonchev–Trinajstić information content (AvgIpc) is 2.90. The van der Waals surface area contributed by atoms with Crippen molar-refractivity contribution in [2.24, 2.45) is 0 Å². The molecule has 2 aromatic heterocycles. The zero-order valence-electron chi connectivity index (χ0n) is 10.2. The highest BCUT2D eigenvalue weighted by Gasteiger charge is 2.44. The van der Waals surface area contributed by atoms with E-state index in [0.717, 1.165) is 3.57 Å². The van der Waals surface area contributed by atoms with Gasteiger partial charge in [0.25, 0.3) is 0 Å². The van der Waals surface area contributed by atoms with Gasteiger partial charge in [-0.2, -0.15) is 0 Å². The number of halogens is 1. The Hall–Kier alpha value is -1.01. The second kappa shape index (κ2) is 5.07. The molecule has 1 saturated heterocycles. The molecule has 3 rings (SSSR count). The Morgan fingerprint density at radius 2 is 2.10 bits per heavy atom. The number of aliphatic hydroxyl groups excluding tert-OH is 3. The minimum absolute atomic E-state index is 0.338. The van der Waals surface area contributed by atoms with Crippen LogP contribution >= 0.6 is 22.6 Å². The number of nitrogens with zero attached hydrogens (tertiary/aromatic N) is 3. The highest BCUT2D eigenvalue weighted by molar-refractivity contribution is 14.1. The van der Waals surface area contributed by atoms with Gasteiger partial charge < -0.3 is 30.4 Å². The SMILES string of the molecule is Nc1ncnc2c1c(I)cn2[C@@H]1O[C@H](CO)[C@H](O)C1O. The van der Waals surface area contributed by atoms with Gasteiger partial charge in [0, 0.05) is 9.77 Å². The molecule has 9 heteroatoms. The Balaban J connectivity index is 2.10. The van der Waals surface area contributed by atoms with Crippen LogP contribution in [-0.4, -0.2) is 54.8 Å². The van der Waals surface area contributed by atoms with E-state index in [9.17, 15) is 10.2 Å². The summed E-state index contributed by atoms with van der Waals surface area (Å²) in [5.74, 6) is 0.338. The van der Waals surface area contributed by atoms with Gasteiger partial charge >= 0.3 is 0 Å². The first-order valence-corrected chi connectivity index (χ1v) is 7.01. The summed E-state index contributed by atoms with van der Waals surface area (Å²) >= 11 is 2.09. The van der Waals surface area contributed by atoms with E-state index in [1.165, 1.54) is 6.33 Å². The van der Waals surface area contributed by atoms with Gasteiger partial charge in [0.05, 0.1) is 12.0 Å². The zero-order chi connectivity index (χ0) is 14.4. The van der Waals surface area contributed by atoms with E-state index in [4.69, 9.17) is 15.6 Å². The predicted molar refractivity (Wildman–Crippen MR) is 77.7 cm³/mol. The lowest BCUT2D eigenvalue weighted by atomic mass is 10.1. The number of ether oxygens (including phenoxy) is 1. The van der Waals surface area contributed by atoms with Crippen molar-refractivity contribution < 1.29 is 20.1 Å². The van der Waals surface area contributed by atoms with Crippen molar-refractivity contribution in [3.63, 3.8) is 0 Å². The molecule has 1 unspecified atom stereocenters. The number of anilines is 1. The second-order valence-corrected chi connectivity index (χ2v) is 5.73. The average molecular weight is 392 g/mol. The first-order chi connectivity index (χ1) is 9.54. The molecule has 4 atom stereocenters. The lowest BCUT2D eigenvalue weighted by Crippen LogP contribution is -2.33. The van der Waals surface area contributed by atoms with E-state index in [1.54, 1.807) is 10.8 Å². The molecule has 3 heterocycles. The standard InChI is InChI=1S/C11H13IN4O4/c12-4-1-16(10-6(4)9(13)14-3-15-10)11-8(19)7(18)5(2-17)20-11/h1,3,5,7-8,11,17-19H,2H2,(H2,13,14,15)/t5-,7+,8?,11-/m1/s1. The number of aromatic nitrogens is 3. The van der Waals surface area contributed by atoms with Gasteiger partial charge in [-0.1, -0.05) is 0 Å². The molecule has 0 aromatic carbocycles. The summed E-state index contributed by atoms with van der Waals surface area (Å²) in [4.78, 5) is 8.08. The first-order valence-electron chi connectivity index (χ1n) is 5.93. The number of aliphatic hydroxyl groups is 3. The van der Waals surface area contributed by atoms with Crippen LogP contribution in [0.3, 0.4) is 0 Å². The van der Waals surface area contributed by atoms with Crippen LogP contribution in [-0.2, 0) is 4.74 Å². The molecule has 0 amide bonds. The third-order valence-electron chi connectivity index (χ3n) is 3.38. The molecule has 5 N–H and O–H groups in total. The third kappa shape index (κ3) is 1.97. The van der Waals surface area contributed by atoms with Crippen LogP contribution in [0.5, 0.6) is 0 Å². The number of nitrogens with two attached hydrogens (primary N) is 1. The molecule has 20 heavy (non-hydrogen) atoms. The van der Waals surface area contributed by atoms with Crippen molar-refractivity contribution >= 4 is 39.4 Å². The van der Waals surface area contributed by atoms with Crippen LogP contribution in [0.15, 0.2) is 12.5 Å². The Morgan fingerprint density at radius 3 is 2.75 bits per heavy atom. The van der Waals surface area contributed by atoms with Crippen LogP contribution in [0, 0.1) is 3.57 Å². The Morgan fingerprint density at radius 1 is 1.35 bits per heavy atom. The Kier molecular flexibility index (Phi) is 3.54. The van der Waals surface area contributed by atoms with E-state index in [1.807, 2.05) is 0 Å². The quantitative estimate of drug-likeness (QED) is 0.495. The number of hydrogen-bond acceptors (Lipinski definition) is 7. The molecule has 8 nitrogen and oxygen atoms in total. The summed E-state index contributed by atoms with van der Waals surface area (Å²) in [6.45, 7) is -0.373. The van der Waals surface area contributed by atoms with Crippen molar-refractivity contribution in [1.82, 2.24) is 14.5 Å². The molecule has 0 radical (unpaired) electrons. The summed E-state index contributed by atoms with van der Waals surface area (Å²) in [5, 5.41) is 29.7. The minimum Gasteiger partial charge on any atom is -0.394 e. The molecule has 0 aliphatic carbocycles. The van der Waals surface area contributed by atoms with E-state index < -0.39 is 24.5 Å². The van der Waals surface area contributed by atoms with Gasteiger partial charge in [-0.05, 0) is 22.6 Å². The fourth-order valence-corrected chi connectivity index (χ4v) is 3.18. The number of rotatable bonds is 2. The van der Waals surface area contributed by atoms with Gasteiger partial charge in [0.1, 0.15) is 36.1 Å². The topological polar surface area (TPSA) is 127 Å². The van der Waals surface area contributed by atoms with E-state index >= 15 is 0 Å². The molecule has 0 bridgehead atoms. The molecular formula is C11H13IN4O4. The minimum atomic E-state index is -1.16. The largest absolute Gasteiger partial charge is 0.394 e. The Labute approximate surface area is 127 Å². The maximum absolute atomic E-state index is 10.1. The Bertz CT molecular complexity index is 649. The molecule has 0 spiro atoms. The van der Waals surface area contributed by atoms with Gasteiger partial charge in [-0.25, -0.2) is 9.97 Å². The van der Waals surface area contributed by atoms with Crippen LogP contribution in [0.2, 0.25) is 0 Å². The van der Waals surface area contributed by atoms with Crippen molar-refractivity contribution in [3.8, 4) is 0 Å². The molecule has 0 saturated carbocycles. The number of fused-ring (bicyclic) bond motifs is 1. The van der Waals surface area contributed by atoms with Gasteiger partial charge in [-0.3, -0.25) is 0 Å². The summed E-state index contributed by atoms with van der Waals surface area (Å²) in [6, 6.07) is 0. The van der Waals surface area contributed by atoms with Crippen molar-refractivity contribution in [2.75, 3.05) is 12.3 Å². The molecule has 108 valence electrons. The fourth-order valence-electron chi connectivity index (χ4n) is 2.37. The molecule has 1 aliphatic rings. The van der Waals surface area contributed by atoms with Crippen molar-refractivity contribution in [1.29, 1.82) is 0 Å². The van der Waals surface area contributed by atoms with Gasteiger partial charge in [-0.15, -0.1) is 0 Å². The molecular weight excluding hydrogens is 379 g/mol. The predicted octanol–water partition coefficient (Wildman–Crippen LogP) is -0.770. The van der Waals surface area contributed by atoms with E-state index in [-0.39, 0.29) is 6.61 Å². The summed E-state index contributed by atoms with van der Waals surface area (Å²) in [6.07, 6.45) is -0.928. The maximum Gasteiger partial charge on any atom is 0.164 e. The number of nitrogen functional groups attached to an aromatic ring is 1.